The van der Waals surface area contributed by atoms with Crippen molar-refractivity contribution in [3.63, 3.8) is 0 Å². The van der Waals surface area contributed by atoms with Crippen LogP contribution in [0.1, 0.15) is 23.1 Å². The van der Waals surface area contributed by atoms with Gasteiger partial charge in [0, 0.05) is 37.9 Å². The van der Waals surface area contributed by atoms with E-state index in [0.29, 0.717) is 17.5 Å². The van der Waals surface area contributed by atoms with Crippen LogP contribution in [0.15, 0.2) is 35.2 Å². The van der Waals surface area contributed by atoms with E-state index in [1.807, 2.05) is 0 Å². The fourth-order valence-electron chi connectivity index (χ4n) is 4.77. The Labute approximate surface area is 187 Å². The molecule has 2 aromatic carbocycles. The highest BCUT2D eigenvalue weighted by Gasteiger charge is 2.29. The van der Waals surface area contributed by atoms with Gasteiger partial charge in [-0.25, -0.2) is 13.1 Å². The number of rotatable bonds is 4. The number of benzene rings is 2. The second-order valence-corrected chi connectivity index (χ2v) is 10.8. The van der Waals surface area contributed by atoms with E-state index in [1.165, 1.54) is 22.4 Å². The van der Waals surface area contributed by atoms with Gasteiger partial charge in [0.1, 0.15) is 15.9 Å². The highest BCUT2D eigenvalue weighted by Crippen LogP contribution is 2.34. The maximum atomic E-state index is 13.2. The number of hydrogen-bond donors (Lipinski definition) is 1. The molecular formula is C22H27N5O2S2. The first-order chi connectivity index (χ1) is 14.9. The van der Waals surface area contributed by atoms with E-state index in [4.69, 9.17) is 0 Å². The van der Waals surface area contributed by atoms with Gasteiger partial charge in [0.25, 0.3) is 0 Å². The summed E-state index contributed by atoms with van der Waals surface area (Å²) in [5, 5.41) is 0. The van der Waals surface area contributed by atoms with Crippen LogP contribution in [-0.2, 0) is 22.9 Å². The Morgan fingerprint density at radius 3 is 2.68 bits per heavy atom. The average molecular weight is 458 g/mol. The number of sulfonamides is 1. The van der Waals surface area contributed by atoms with Crippen LogP contribution >= 0.6 is 11.7 Å². The van der Waals surface area contributed by atoms with Crippen molar-refractivity contribution in [2.24, 2.45) is 0 Å². The van der Waals surface area contributed by atoms with Gasteiger partial charge in [0.2, 0.25) is 10.0 Å². The Balaban J connectivity index is 1.43. The first-order valence-corrected chi connectivity index (χ1v) is 12.9. The van der Waals surface area contributed by atoms with Crippen molar-refractivity contribution in [2.75, 3.05) is 38.1 Å². The first kappa shape index (κ1) is 20.8. The Morgan fingerprint density at radius 1 is 1.06 bits per heavy atom. The third kappa shape index (κ3) is 3.95. The molecule has 0 bridgehead atoms. The van der Waals surface area contributed by atoms with Crippen LogP contribution in [0.25, 0.3) is 11.0 Å². The van der Waals surface area contributed by atoms with Gasteiger partial charge in [-0.15, -0.1) is 0 Å². The quantitative estimate of drug-likeness (QED) is 0.649. The zero-order chi connectivity index (χ0) is 21.6. The van der Waals surface area contributed by atoms with Crippen LogP contribution in [-0.4, -0.2) is 61.3 Å². The van der Waals surface area contributed by atoms with Gasteiger partial charge in [-0.1, -0.05) is 12.1 Å². The summed E-state index contributed by atoms with van der Waals surface area (Å²) in [6.45, 7) is 6.25. The van der Waals surface area contributed by atoms with Crippen molar-refractivity contribution in [1.82, 2.24) is 18.4 Å². The Bertz CT molecular complexity index is 1220. The van der Waals surface area contributed by atoms with Crippen molar-refractivity contribution >= 4 is 38.5 Å². The molecule has 0 spiro atoms. The smallest absolute Gasteiger partial charge is 0.243 e. The van der Waals surface area contributed by atoms with Crippen LogP contribution in [0.2, 0.25) is 0 Å². The highest BCUT2D eigenvalue weighted by molar-refractivity contribution is 7.89. The van der Waals surface area contributed by atoms with Crippen molar-refractivity contribution in [3.05, 3.63) is 47.0 Å². The number of nitrogens with one attached hydrogen (secondary N) is 1. The molecule has 0 amide bonds. The minimum absolute atomic E-state index is 0.132. The predicted molar refractivity (Wildman–Crippen MR) is 124 cm³/mol. The molecular weight excluding hydrogens is 430 g/mol. The molecule has 1 fully saturated rings. The molecule has 0 saturated carbocycles. The molecule has 2 aliphatic rings. The molecule has 1 atom stereocenters. The van der Waals surface area contributed by atoms with Crippen molar-refractivity contribution in [3.8, 4) is 0 Å². The minimum atomic E-state index is -3.68. The lowest BCUT2D eigenvalue weighted by Gasteiger charge is -2.37. The largest absolute Gasteiger partial charge is 0.369 e. The average Bonchev–Trinajstić information content (AvgIpc) is 3.23. The van der Waals surface area contributed by atoms with Crippen molar-refractivity contribution < 1.29 is 8.42 Å². The van der Waals surface area contributed by atoms with E-state index < -0.39 is 10.0 Å². The highest BCUT2D eigenvalue weighted by atomic mass is 32.2. The molecule has 0 unspecified atom stereocenters. The molecule has 7 nitrogen and oxygen atoms in total. The summed E-state index contributed by atoms with van der Waals surface area (Å²) in [6.07, 6.45) is 2.39. The Kier molecular flexibility index (Phi) is 5.45. The van der Waals surface area contributed by atoms with Crippen LogP contribution in [0.3, 0.4) is 0 Å². The molecule has 31 heavy (non-hydrogen) atoms. The summed E-state index contributed by atoms with van der Waals surface area (Å²) in [5.41, 5.74) is 6.32. The summed E-state index contributed by atoms with van der Waals surface area (Å²) in [6, 6.07) is 9.43. The van der Waals surface area contributed by atoms with E-state index in [9.17, 15) is 8.42 Å². The third-order valence-corrected chi connectivity index (χ3v) is 8.63. The summed E-state index contributed by atoms with van der Waals surface area (Å²) in [4.78, 5) is 5.02. The SMILES string of the molecule is Cc1ccc(N2CCN(C)CC2)c2c1CC[C@@H](NS(=O)(=O)c1cccc3nsnc13)C2. The van der Waals surface area contributed by atoms with E-state index >= 15 is 0 Å². The number of likely N-dealkylation sites (N-methyl/N-ethyl adjacent to an activating group) is 1. The van der Waals surface area contributed by atoms with Gasteiger partial charge in [-0.05, 0) is 68.1 Å². The fourth-order valence-corrected chi connectivity index (χ4v) is 6.80. The van der Waals surface area contributed by atoms with Crippen LogP contribution in [0.5, 0.6) is 0 Å². The topological polar surface area (TPSA) is 78.4 Å². The fraction of sp³-hybridized carbons (Fsp3) is 0.455. The van der Waals surface area contributed by atoms with E-state index in [2.05, 4.69) is 49.4 Å². The van der Waals surface area contributed by atoms with Gasteiger partial charge in [-0.3, -0.25) is 0 Å². The number of aromatic nitrogens is 2. The van der Waals surface area contributed by atoms with Gasteiger partial charge in [-0.2, -0.15) is 8.75 Å². The molecule has 0 radical (unpaired) electrons. The van der Waals surface area contributed by atoms with Crippen LogP contribution in [0.4, 0.5) is 5.69 Å². The van der Waals surface area contributed by atoms with E-state index in [-0.39, 0.29) is 10.9 Å². The monoisotopic (exact) mass is 457 g/mol. The molecule has 1 aliphatic heterocycles. The molecule has 164 valence electrons. The number of hydrogen-bond acceptors (Lipinski definition) is 7. The molecule has 1 saturated heterocycles. The zero-order valence-electron chi connectivity index (χ0n) is 17.8. The van der Waals surface area contributed by atoms with Crippen molar-refractivity contribution in [1.29, 1.82) is 0 Å². The van der Waals surface area contributed by atoms with Crippen LogP contribution < -0.4 is 9.62 Å². The van der Waals surface area contributed by atoms with Gasteiger partial charge < -0.3 is 9.80 Å². The number of anilines is 1. The van der Waals surface area contributed by atoms with E-state index in [1.54, 1.807) is 18.2 Å². The third-order valence-electron chi connectivity index (χ3n) is 6.54. The van der Waals surface area contributed by atoms with Crippen LogP contribution in [0, 0.1) is 6.92 Å². The number of aryl methyl sites for hydroxylation is 1. The maximum absolute atomic E-state index is 13.2. The Hall–Kier alpha value is -2.07. The molecule has 9 heteroatoms. The number of fused-ring (bicyclic) bond motifs is 2. The van der Waals surface area contributed by atoms with Gasteiger partial charge in [0.05, 0.1) is 11.7 Å². The predicted octanol–water partition coefficient (Wildman–Crippen LogP) is 2.59. The van der Waals surface area contributed by atoms with Gasteiger partial charge >= 0.3 is 0 Å². The maximum Gasteiger partial charge on any atom is 0.243 e. The first-order valence-electron chi connectivity index (χ1n) is 10.7. The molecule has 2 heterocycles. The zero-order valence-corrected chi connectivity index (χ0v) is 19.5. The summed E-state index contributed by atoms with van der Waals surface area (Å²) in [7, 11) is -1.52. The molecule has 1 aliphatic carbocycles. The van der Waals surface area contributed by atoms with Crippen molar-refractivity contribution in [2.45, 2.75) is 37.1 Å². The lowest BCUT2D eigenvalue weighted by atomic mass is 9.84. The molecule has 3 aromatic rings. The minimum Gasteiger partial charge on any atom is -0.369 e. The van der Waals surface area contributed by atoms with Gasteiger partial charge in [0.15, 0.2) is 0 Å². The number of nitrogens with zero attached hydrogens (tertiary/aromatic N) is 4. The second kappa shape index (κ2) is 8.12. The summed E-state index contributed by atoms with van der Waals surface area (Å²) >= 11 is 1.04. The standard InChI is InChI=1S/C22H27N5O2S2/c1-15-6-9-20(27-12-10-26(2)11-13-27)18-14-16(7-8-17(15)18)25-31(28,29)21-5-3-4-19-22(21)24-30-23-19/h3-6,9,16,25H,7-8,10-14H2,1-2H3/t16-/m1/s1. The molecule has 1 aromatic heterocycles. The summed E-state index contributed by atoms with van der Waals surface area (Å²) < 4.78 is 37.8. The lowest BCUT2D eigenvalue weighted by Crippen LogP contribution is -2.45. The summed E-state index contributed by atoms with van der Waals surface area (Å²) in [5.74, 6) is 0. The lowest BCUT2D eigenvalue weighted by molar-refractivity contribution is 0.312. The Morgan fingerprint density at radius 2 is 1.87 bits per heavy atom. The molecule has 5 rings (SSSR count). The normalized spacial score (nSPS) is 20.2. The second-order valence-electron chi connectivity index (χ2n) is 8.60. The number of piperazine rings is 1. The molecule has 1 N–H and O–H groups in total. The van der Waals surface area contributed by atoms with E-state index in [0.717, 1.165) is 50.7 Å².